The van der Waals surface area contributed by atoms with Crippen LogP contribution in [0.15, 0.2) is 24.3 Å². The molecular formula is C18H27N3O2. The van der Waals surface area contributed by atoms with Crippen molar-refractivity contribution in [3.63, 3.8) is 0 Å². The molecule has 0 radical (unpaired) electrons. The normalized spacial score (nSPS) is 15.6. The molecule has 0 aromatic heterocycles. The largest absolute Gasteiger partial charge is 0.376 e. The molecule has 126 valence electrons. The summed E-state index contributed by atoms with van der Waals surface area (Å²) in [5.74, 6) is 0.770. The number of nitrogens with zero attached hydrogens (tertiary/aromatic N) is 1. The van der Waals surface area contributed by atoms with Crippen molar-refractivity contribution in [1.82, 2.24) is 10.2 Å². The summed E-state index contributed by atoms with van der Waals surface area (Å²) in [6.45, 7) is 8.01. The third kappa shape index (κ3) is 5.27. The van der Waals surface area contributed by atoms with Gasteiger partial charge in [0.15, 0.2) is 0 Å². The molecular weight excluding hydrogens is 290 g/mol. The zero-order valence-electron chi connectivity index (χ0n) is 14.3. The van der Waals surface area contributed by atoms with Crippen LogP contribution in [0.4, 0.5) is 5.69 Å². The van der Waals surface area contributed by atoms with Gasteiger partial charge in [0.05, 0.1) is 6.54 Å². The molecule has 5 heteroatoms. The molecule has 2 rings (SSSR count). The first-order valence-corrected chi connectivity index (χ1v) is 8.38. The van der Waals surface area contributed by atoms with E-state index in [1.54, 1.807) is 0 Å². The van der Waals surface area contributed by atoms with Gasteiger partial charge in [-0.25, -0.2) is 0 Å². The van der Waals surface area contributed by atoms with Crippen molar-refractivity contribution in [2.45, 2.75) is 39.7 Å². The summed E-state index contributed by atoms with van der Waals surface area (Å²) in [5, 5.41) is 5.89. The van der Waals surface area contributed by atoms with Crippen molar-refractivity contribution in [2.24, 2.45) is 5.92 Å². The average molecular weight is 317 g/mol. The van der Waals surface area contributed by atoms with Crippen LogP contribution in [-0.2, 0) is 4.79 Å². The Hall–Kier alpha value is -2.04. The van der Waals surface area contributed by atoms with Gasteiger partial charge in [0.2, 0.25) is 5.91 Å². The highest BCUT2D eigenvalue weighted by Gasteiger charge is 2.21. The van der Waals surface area contributed by atoms with Gasteiger partial charge in [-0.3, -0.25) is 9.59 Å². The Morgan fingerprint density at radius 3 is 2.35 bits per heavy atom. The predicted octanol–water partition coefficient (Wildman–Crippen LogP) is 2.50. The smallest absolute Gasteiger partial charge is 0.253 e. The predicted molar refractivity (Wildman–Crippen MR) is 92.5 cm³/mol. The summed E-state index contributed by atoms with van der Waals surface area (Å²) < 4.78 is 0. The van der Waals surface area contributed by atoms with E-state index in [1.807, 2.05) is 43.0 Å². The third-order valence-electron chi connectivity index (χ3n) is 4.11. The fraction of sp³-hybridized carbons (Fsp3) is 0.556. The van der Waals surface area contributed by atoms with E-state index in [2.05, 4.69) is 17.6 Å². The number of hydrogen-bond donors (Lipinski definition) is 2. The lowest BCUT2D eigenvalue weighted by atomic mass is 9.98. The lowest BCUT2D eigenvalue weighted by Gasteiger charge is -2.30. The highest BCUT2D eigenvalue weighted by atomic mass is 16.2. The summed E-state index contributed by atoms with van der Waals surface area (Å²) in [4.78, 5) is 26.0. The minimum Gasteiger partial charge on any atom is -0.376 e. The molecule has 0 spiro atoms. The number of amides is 2. The monoisotopic (exact) mass is 317 g/mol. The molecule has 1 aromatic rings. The first kappa shape index (κ1) is 17.3. The number of carbonyl (C=O) groups excluding carboxylic acids is 2. The number of piperidine rings is 1. The molecule has 2 N–H and O–H groups in total. The van der Waals surface area contributed by atoms with E-state index >= 15 is 0 Å². The maximum atomic E-state index is 12.4. The second-order valence-electron chi connectivity index (χ2n) is 6.63. The third-order valence-corrected chi connectivity index (χ3v) is 4.11. The Labute approximate surface area is 138 Å². The second-order valence-corrected chi connectivity index (χ2v) is 6.63. The number of hydrogen-bond acceptors (Lipinski definition) is 3. The summed E-state index contributed by atoms with van der Waals surface area (Å²) in [6.07, 6.45) is 2.16. The molecule has 1 aromatic carbocycles. The van der Waals surface area contributed by atoms with Crippen molar-refractivity contribution in [1.29, 1.82) is 0 Å². The number of nitrogens with one attached hydrogen (secondary N) is 2. The molecule has 0 atom stereocenters. The minimum absolute atomic E-state index is 0.0393. The van der Waals surface area contributed by atoms with E-state index in [0.29, 0.717) is 11.5 Å². The van der Waals surface area contributed by atoms with Crippen LogP contribution in [-0.4, -0.2) is 42.4 Å². The number of carbonyl (C=O) groups is 2. The van der Waals surface area contributed by atoms with Crippen molar-refractivity contribution in [2.75, 3.05) is 25.0 Å². The minimum atomic E-state index is -0.0393. The quantitative estimate of drug-likeness (QED) is 0.877. The van der Waals surface area contributed by atoms with E-state index in [-0.39, 0.29) is 24.4 Å². The molecule has 1 aliphatic heterocycles. The molecule has 1 aliphatic rings. The molecule has 0 saturated carbocycles. The second kappa shape index (κ2) is 7.99. The average Bonchev–Trinajstić information content (AvgIpc) is 2.53. The van der Waals surface area contributed by atoms with Gasteiger partial charge in [0, 0.05) is 30.4 Å². The first-order valence-electron chi connectivity index (χ1n) is 8.38. The summed E-state index contributed by atoms with van der Waals surface area (Å²) in [5.41, 5.74) is 1.55. The fourth-order valence-corrected chi connectivity index (χ4v) is 2.68. The van der Waals surface area contributed by atoms with Crippen LogP contribution in [0.3, 0.4) is 0 Å². The Kier molecular flexibility index (Phi) is 6.02. The topological polar surface area (TPSA) is 61.4 Å². The van der Waals surface area contributed by atoms with Gasteiger partial charge in [0.1, 0.15) is 0 Å². The zero-order chi connectivity index (χ0) is 16.8. The number of likely N-dealkylation sites (tertiary alicyclic amines) is 1. The van der Waals surface area contributed by atoms with E-state index < -0.39 is 0 Å². The van der Waals surface area contributed by atoms with Crippen molar-refractivity contribution in [3.8, 4) is 0 Å². The standard InChI is InChI=1S/C18H27N3O2/c1-13(2)20-17(22)12-19-16-6-4-15(5-7-16)18(23)21-10-8-14(3)9-11-21/h4-7,13-14,19H,8-12H2,1-3H3,(H,20,22). The molecule has 0 aliphatic carbocycles. The van der Waals surface area contributed by atoms with Crippen LogP contribution >= 0.6 is 0 Å². The van der Waals surface area contributed by atoms with E-state index in [9.17, 15) is 9.59 Å². The van der Waals surface area contributed by atoms with Gasteiger partial charge in [-0.15, -0.1) is 0 Å². The summed E-state index contributed by atoms with van der Waals surface area (Å²) in [7, 11) is 0. The SMILES string of the molecule is CC1CCN(C(=O)c2ccc(NCC(=O)NC(C)C)cc2)CC1. The van der Waals surface area contributed by atoms with E-state index in [1.165, 1.54) is 0 Å². The first-order chi connectivity index (χ1) is 11.0. The van der Waals surface area contributed by atoms with Gasteiger partial charge < -0.3 is 15.5 Å². The number of anilines is 1. The van der Waals surface area contributed by atoms with Gasteiger partial charge in [0.25, 0.3) is 5.91 Å². The van der Waals surface area contributed by atoms with Crippen LogP contribution in [0.1, 0.15) is 44.0 Å². The van der Waals surface area contributed by atoms with E-state index in [0.717, 1.165) is 31.6 Å². The van der Waals surface area contributed by atoms with Crippen LogP contribution in [0.25, 0.3) is 0 Å². The maximum absolute atomic E-state index is 12.4. The van der Waals surface area contributed by atoms with Crippen LogP contribution < -0.4 is 10.6 Å². The number of rotatable bonds is 5. The highest BCUT2D eigenvalue weighted by molar-refractivity contribution is 5.94. The van der Waals surface area contributed by atoms with Crippen LogP contribution in [0.5, 0.6) is 0 Å². The molecule has 1 heterocycles. The van der Waals surface area contributed by atoms with Crippen LogP contribution in [0.2, 0.25) is 0 Å². The molecule has 1 saturated heterocycles. The summed E-state index contributed by atoms with van der Waals surface area (Å²) >= 11 is 0. The molecule has 1 fully saturated rings. The lowest BCUT2D eigenvalue weighted by Crippen LogP contribution is -2.37. The Morgan fingerprint density at radius 2 is 1.78 bits per heavy atom. The number of benzene rings is 1. The Bertz CT molecular complexity index is 532. The van der Waals surface area contributed by atoms with E-state index in [4.69, 9.17) is 0 Å². The van der Waals surface area contributed by atoms with Gasteiger partial charge >= 0.3 is 0 Å². The molecule has 0 bridgehead atoms. The maximum Gasteiger partial charge on any atom is 0.253 e. The van der Waals surface area contributed by atoms with Gasteiger partial charge in [-0.1, -0.05) is 6.92 Å². The lowest BCUT2D eigenvalue weighted by molar-refractivity contribution is -0.119. The van der Waals surface area contributed by atoms with Crippen molar-refractivity contribution >= 4 is 17.5 Å². The van der Waals surface area contributed by atoms with Gasteiger partial charge in [-0.2, -0.15) is 0 Å². The van der Waals surface area contributed by atoms with Gasteiger partial charge in [-0.05, 0) is 56.9 Å². The highest BCUT2D eigenvalue weighted by Crippen LogP contribution is 2.19. The summed E-state index contributed by atoms with van der Waals surface area (Å²) in [6, 6.07) is 7.48. The van der Waals surface area contributed by atoms with Crippen molar-refractivity contribution in [3.05, 3.63) is 29.8 Å². The molecule has 0 unspecified atom stereocenters. The Balaban J connectivity index is 1.86. The Morgan fingerprint density at radius 1 is 1.17 bits per heavy atom. The molecule has 5 nitrogen and oxygen atoms in total. The zero-order valence-corrected chi connectivity index (χ0v) is 14.3. The molecule has 2 amide bonds. The fourth-order valence-electron chi connectivity index (χ4n) is 2.68. The van der Waals surface area contributed by atoms with Crippen LogP contribution in [0, 0.1) is 5.92 Å². The van der Waals surface area contributed by atoms with Crippen molar-refractivity contribution < 1.29 is 9.59 Å². The molecule has 23 heavy (non-hydrogen) atoms.